The van der Waals surface area contributed by atoms with Gasteiger partial charge < -0.3 is 14.4 Å². The summed E-state index contributed by atoms with van der Waals surface area (Å²) in [6.45, 7) is 2.68. The van der Waals surface area contributed by atoms with Crippen LogP contribution in [0.25, 0.3) is 0 Å². The van der Waals surface area contributed by atoms with Crippen LogP contribution in [0.1, 0.15) is 24.4 Å². The zero-order chi connectivity index (χ0) is 14.0. The summed E-state index contributed by atoms with van der Waals surface area (Å²) in [6, 6.07) is 1.62. The molecule has 1 aromatic rings. The molecule has 1 saturated heterocycles. The van der Waals surface area contributed by atoms with Gasteiger partial charge in [-0.05, 0) is 33.4 Å². The normalized spacial score (nSPS) is 21.1. The number of hydrogen-bond acceptors (Lipinski definition) is 5. The van der Waals surface area contributed by atoms with Gasteiger partial charge in [-0.2, -0.15) is 0 Å². The zero-order valence-corrected chi connectivity index (χ0v) is 12.0. The number of aliphatic hydroxyl groups excluding tert-OH is 1. The lowest BCUT2D eigenvalue weighted by atomic mass is 10.2. The molecular formula is C12H20N2O4S. The summed E-state index contributed by atoms with van der Waals surface area (Å²) in [5.41, 5.74) is 0. The molecule has 0 aromatic carbocycles. The molecule has 108 valence electrons. The third-order valence-electron chi connectivity index (χ3n) is 3.55. The predicted molar refractivity (Wildman–Crippen MR) is 70.2 cm³/mol. The summed E-state index contributed by atoms with van der Waals surface area (Å²) in [6.07, 6.45) is 2.10. The first-order valence-electron chi connectivity index (χ1n) is 6.34. The number of likely N-dealkylation sites (tertiary alicyclic amines) is 1. The molecule has 1 unspecified atom stereocenters. The van der Waals surface area contributed by atoms with Crippen molar-refractivity contribution in [3.05, 3.63) is 17.6 Å². The molecule has 2 rings (SSSR count). The second-order valence-corrected chi connectivity index (χ2v) is 6.66. The average molecular weight is 288 g/mol. The van der Waals surface area contributed by atoms with Gasteiger partial charge in [-0.15, -0.1) is 0 Å². The van der Waals surface area contributed by atoms with Gasteiger partial charge in [0.1, 0.15) is 23.0 Å². The standard InChI is InChI=1S/C12H20N2O4S/c1-9-12(6-11(8-15)18-9)19(16,17)13-7-10-4-3-5-14(10)2/h6,10,13,15H,3-5,7-8H2,1-2H3. The van der Waals surface area contributed by atoms with Gasteiger partial charge in [0.25, 0.3) is 0 Å². The fourth-order valence-corrected chi connectivity index (χ4v) is 3.66. The van der Waals surface area contributed by atoms with Crippen molar-refractivity contribution in [1.82, 2.24) is 9.62 Å². The molecule has 0 bridgehead atoms. The van der Waals surface area contributed by atoms with Gasteiger partial charge in [-0.25, -0.2) is 13.1 Å². The van der Waals surface area contributed by atoms with Gasteiger partial charge in [0.05, 0.1) is 0 Å². The van der Waals surface area contributed by atoms with Crippen LogP contribution in [0.2, 0.25) is 0 Å². The Hall–Kier alpha value is -0.890. The molecule has 2 N–H and O–H groups in total. The van der Waals surface area contributed by atoms with Gasteiger partial charge in [0.2, 0.25) is 10.0 Å². The molecule has 0 spiro atoms. The molecule has 1 aliphatic rings. The van der Waals surface area contributed by atoms with E-state index in [-0.39, 0.29) is 23.3 Å². The van der Waals surface area contributed by atoms with Gasteiger partial charge in [-0.1, -0.05) is 0 Å². The molecule has 1 atom stereocenters. The summed E-state index contributed by atoms with van der Waals surface area (Å²) < 4.78 is 32.1. The van der Waals surface area contributed by atoms with Gasteiger partial charge in [0, 0.05) is 18.7 Å². The van der Waals surface area contributed by atoms with E-state index >= 15 is 0 Å². The van der Waals surface area contributed by atoms with E-state index in [1.54, 1.807) is 6.92 Å². The molecular weight excluding hydrogens is 268 g/mol. The average Bonchev–Trinajstić information content (AvgIpc) is 2.93. The summed E-state index contributed by atoms with van der Waals surface area (Å²) in [7, 11) is -1.57. The van der Waals surface area contributed by atoms with Crippen LogP contribution in [0.3, 0.4) is 0 Å². The maximum absolute atomic E-state index is 12.2. The Morgan fingerprint density at radius 3 is 2.84 bits per heavy atom. The molecule has 19 heavy (non-hydrogen) atoms. The predicted octanol–water partition coefficient (Wildman–Crippen LogP) is 0.453. The summed E-state index contributed by atoms with van der Waals surface area (Å²) in [5, 5.41) is 8.96. The maximum atomic E-state index is 12.2. The highest BCUT2D eigenvalue weighted by molar-refractivity contribution is 7.89. The lowest BCUT2D eigenvalue weighted by Crippen LogP contribution is -2.38. The van der Waals surface area contributed by atoms with E-state index in [9.17, 15) is 8.42 Å². The van der Waals surface area contributed by atoms with Crippen molar-refractivity contribution >= 4 is 10.0 Å². The van der Waals surface area contributed by atoms with Crippen LogP contribution in [0.15, 0.2) is 15.4 Å². The molecule has 1 aliphatic heterocycles. The number of aryl methyl sites for hydroxylation is 1. The Bertz CT molecular complexity index is 538. The van der Waals surface area contributed by atoms with Crippen LogP contribution in [-0.4, -0.2) is 44.6 Å². The summed E-state index contributed by atoms with van der Waals surface area (Å²) in [5.74, 6) is 0.562. The minimum atomic E-state index is -3.57. The Kier molecular flexibility index (Phi) is 4.29. The number of nitrogens with one attached hydrogen (secondary N) is 1. The van der Waals surface area contributed by atoms with Crippen molar-refractivity contribution in [1.29, 1.82) is 0 Å². The van der Waals surface area contributed by atoms with Crippen LogP contribution in [0, 0.1) is 6.92 Å². The van der Waals surface area contributed by atoms with E-state index in [4.69, 9.17) is 9.52 Å². The second kappa shape index (κ2) is 5.62. The topological polar surface area (TPSA) is 82.8 Å². The Morgan fingerprint density at radius 2 is 2.32 bits per heavy atom. The first-order chi connectivity index (χ1) is 8.94. The van der Waals surface area contributed by atoms with Crippen molar-refractivity contribution < 1.29 is 17.9 Å². The molecule has 6 nitrogen and oxygen atoms in total. The number of furan rings is 1. The number of rotatable bonds is 5. The highest BCUT2D eigenvalue weighted by Crippen LogP contribution is 2.20. The van der Waals surface area contributed by atoms with Crippen LogP contribution < -0.4 is 4.72 Å². The fourth-order valence-electron chi connectivity index (χ4n) is 2.39. The molecule has 0 aliphatic carbocycles. The van der Waals surface area contributed by atoms with Crippen molar-refractivity contribution in [2.45, 2.75) is 37.3 Å². The van der Waals surface area contributed by atoms with Gasteiger partial charge >= 0.3 is 0 Å². The number of likely N-dealkylation sites (N-methyl/N-ethyl adjacent to an activating group) is 1. The molecule has 7 heteroatoms. The van der Waals surface area contributed by atoms with E-state index in [2.05, 4.69) is 9.62 Å². The summed E-state index contributed by atoms with van der Waals surface area (Å²) >= 11 is 0. The van der Waals surface area contributed by atoms with E-state index < -0.39 is 10.0 Å². The van der Waals surface area contributed by atoms with E-state index in [0.29, 0.717) is 12.3 Å². The Balaban J connectivity index is 2.07. The first-order valence-corrected chi connectivity index (χ1v) is 7.82. The van der Waals surface area contributed by atoms with Crippen molar-refractivity contribution in [3.63, 3.8) is 0 Å². The van der Waals surface area contributed by atoms with E-state index in [1.807, 2.05) is 7.05 Å². The van der Waals surface area contributed by atoms with Crippen LogP contribution >= 0.6 is 0 Å². The maximum Gasteiger partial charge on any atom is 0.244 e. The number of nitrogens with zero attached hydrogens (tertiary/aromatic N) is 1. The minimum absolute atomic E-state index is 0.109. The molecule has 0 radical (unpaired) electrons. The molecule has 0 saturated carbocycles. The smallest absolute Gasteiger partial charge is 0.244 e. The highest BCUT2D eigenvalue weighted by Gasteiger charge is 2.25. The first kappa shape index (κ1) is 14.5. The van der Waals surface area contributed by atoms with Crippen LogP contribution in [-0.2, 0) is 16.6 Å². The third-order valence-corrected chi connectivity index (χ3v) is 5.08. The number of hydrogen-bond donors (Lipinski definition) is 2. The van der Waals surface area contributed by atoms with Crippen molar-refractivity contribution in [2.24, 2.45) is 0 Å². The van der Waals surface area contributed by atoms with E-state index in [0.717, 1.165) is 19.4 Å². The minimum Gasteiger partial charge on any atom is -0.462 e. The lowest BCUT2D eigenvalue weighted by Gasteiger charge is -2.19. The lowest BCUT2D eigenvalue weighted by molar-refractivity contribution is 0.244. The monoisotopic (exact) mass is 288 g/mol. The highest BCUT2D eigenvalue weighted by atomic mass is 32.2. The van der Waals surface area contributed by atoms with Crippen molar-refractivity contribution in [2.75, 3.05) is 20.1 Å². The quantitative estimate of drug-likeness (QED) is 0.822. The molecule has 1 aromatic heterocycles. The third kappa shape index (κ3) is 3.17. The van der Waals surface area contributed by atoms with Gasteiger partial charge in [-0.3, -0.25) is 0 Å². The largest absolute Gasteiger partial charge is 0.462 e. The fraction of sp³-hybridized carbons (Fsp3) is 0.667. The SMILES string of the molecule is Cc1oc(CO)cc1S(=O)(=O)NCC1CCCN1C. The number of sulfonamides is 1. The molecule has 0 amide bonds. The Morgan fingerprint density at radius 1 is 1.58 bits per heavy atom. The summed E-state index contributed by atoms with van der Waals surface area (Å²) in [4.78, 5) is 2.27. The second-order valence-electron chi connectivity index (χ2n) is 4.92. The van der Waals surface area contributed by atoms with E-state index in [1.165, 1.54) is 6.07 Å². The zero-order valence-electron chi connectivity index (χ0n) is 11.2. The number of aliphatic hydroxyl groups is 1. The van der Waals surface area contributed by atoms with Gasteiger partial charge in [0.15, 0.2) is 0 Å². The van der Waals surface area contributed by atoms with Crippen LogP contribution in [0.4, 0.5) is 0 Å². The van der Waals surface area contributed by atoms with Crippen molar-refractivity contribution in [3.8, 4) is 0 Å². The van der Waals surface area contributed by atoms with Crippen LogP contribution in [0.5, 0.6) is 0 Å². The molecule has 1 fully saturated rings. The Labute approximate surface area is 113 Å². The molecule has 2 heterocycles.